The van der Waals surface area contributed by atoms with Gasteiger partial charge in [0, 0.05) is 0 Å². The van der Waals surface area contributed by atoms with Gasteiger partial charge in [0.1, 0.15) is 6.10 Å². The molecular formula is C13H13BrN2O. The zero-order valence-electron chi connectivity index (χ0n) is 9.43. The molecule has 0 radical (unpaired) electrons. The van der Waals surface area contributed by atoms with Gasteiger partial charge in [-0.25, -0.2) is 4.98 Å². The molecule has 0 spiro atoms. The van der Waals surface area contributed by atoms with Crippen molar-refractivity contribution in [3.05, 3.63) is 52.6 Å². The van der Waals surface area contributed by atoms with Crippen LogP contribution >= 0.6 is 15.9 Å². The Balaban J connectivity index is 2.16. The number of nitrogens with zero attached hydrogens (tertiary/aromatic N) is 1. The van der Waals surface area contributed by atoms with Gasteiger partial charge >= 0.3 is 0 Å². The van der Waals surface area contributed by atoms with E-state index in [0.29, 0.717) is 11.6 Å². The summed E-state index contributed by atoms with van der Waals surface area (Å²) in [5.74, 6) is 0.551. The third-order valence-corrected chi connectivity index (χ3v) is 2.95. The number of benzene rings is 1. The van der Waals surface area contributed by atoms with Crippen LogP contribution in [0.5, 0.6) is 5.88 Å². The Morgan fingerprint density at radius 2 is 2.00 bits per heavy atom. The lowest BCUT2D eigenvalue weighted by molar-refractivity contribution is 0.216. The standard InChI is InChI=1S/C13H13BrN2O/c1-9(10-5-3-2-4-6-10)17-13-12(14)7-11(15)8-16-13/h2-9H,15H2,1H3. The molecule has 0 saturated heterocycles. The van der Waals surface area contributed by atoms with Crippen molar-refractivity contribution in [3.8, 4) is 5.88 Å². The van der Waals surface area contributed by atoms with Gasteiger partial charge in [0.25, 0.3) is 0 Å². The van der Waals surface area contributed by atoms with Crippen molar-refractivity contribution in [1.29, 1.82) is 0 Å². The minimum absolute atomic E-state index is 0.0522. The van der Waals surface area contributed by atoms with E-state index in [-0.39, 0.29) is 6.10 Å². The lowest BCUT2D eigenvalue weighted by Crippen LogP contribution is -2.04. The molecule has 2 rings (SSSR count). The number of rotatable bonds is 3. The van der Waals surface area contributed by atoms with Crippen molar-refractivity contribution in [1.82, 2.24) is 4.98 Å². The van der Waals surface area contributed by atoms with Gasteiger partial charge in [-0.3, -0.25) is 0 Å². The van der Waals surface area contributed by atoms with Crippen molar-refractivity contribution in [2.75, 3.05) is 5.73 Å². The Bertz CT molecular complexity index is 502. The monoisotopic (exact) mass is 292 g/mol. The van der Waals surface area contributed by atoms with Gasteiger partial charge in [-0.1, -0.05) is 30.3 Å². The summed E-state index contributed by atoms with van der Waals surface area (Å²) in [7, 11) is 0. The highest BCUT2D eigenvalue weighted by Crippen LogP contribution is 2.28. The predicted molar refractivity (Wildman–Crippen MR) is 71.8 cm³/mol. The van der Waals surface area contributed by atoms with Gasteiger partial charge in [0.15, 0.2) is 0 Å². The summed E-state index contributed by atoms with van der Waals surface area (Å²) >= 11 is 3.38. The predicted octanol–water partition coefficient (Wildman–Crippen LogP) is 3.57. The molecule has 0 saturated carbocycles. The number of nitrogens with two attached hydrogens (primary N) is 1. The van der Waals surface area contributed by atoms with Crippen molar-refractivity contribution in [3.63, 3.8) is 0 Å². The van der Waals surface area contributed by atoms with Crippen LogP contribution in [0.4, 0.5) is 5.69 Å². The average molecular weight is 293 g/mol. The normalized spacial score (nSPS) is 12.1. The zero-order chi connectivity index (χ0) is 12.3. The first kappa shape index (κ1) is 11.9. The number of pyridine rings is 1. The van der Waals surface area contributed by atoms with E-state index in [1.54, 1.807) is 12.3 Å². The molecule has 1 aromatic heterocycles. The van der Waals surface area contributed by atoms with Gasteiger partial charge in [0.05, 0.1) is 16.4 Å². The maximum Gasteiger partial charge on any atom is 0.228 e. The van der Waals surface area contributed by atoms with Crippen LogP contribution in [-0.2, 0) is 0 Å². The summed E-state index contributed by atoms with van der Waals surface area (Å²) in [6.07, 6.45) is 1.53. The van der Waals surface area contributed by atoms with Gasteiger partial charge in [-0.2, -0.15) is 0 Å². The van der Waals surface area contributed by atoms with Crippen LogP contribution in [0.2, 0.25) is 0 Å². The molecular weight excluding hydrogens is 280 g/mol. The fraction of sp³-hybridized carbons (Fsp3) is 0.154. The van der Waals surface area contributed by atoms with Crippen LogP contribution in [0.1, 0.15) is 18.6 Å². The van der Waals surface area contributed by atoms with Crippen molar-refractivity contribution < 1.29 is 4.74 Å². The average Bonchev–Trinajstić information content (AvgIpc) is 2.34. The second kappa shape index (κ2) is 5.19. The van der Waals surface area contributed by atoms with E-state index in [0.717, 1.165) is 10.0 Å². The molecule has 1 atom stereocenters. The first-order chi connectivity index (χ1) is 8.16. The lowest BCUT2D eigenvalue weighted by Gasteiger charge is -2.15. The Labute approximate surface area is 109 Å². The fourth-order valence-electron chi connectivity index (χ4n) is 1.49. The Morgan fingerprint density at radius 1 is 1.29 bits per heavy atom. The Hall–Kier alpha value is -1.55. The van der Waals surface area contributed by atoms with Gasteiger partial charge in [0.2, 0.25) is 5.88 Å². The van der Waals surface area contributed by atoms with E-state index < -0.39 is 0 Å². The van der Waals surface area contributed by atoms with Crippen molar-refractivity contribution in [2.24, 2.45) is 0 Å². The van der Waals surface area contributed by atoms with Crippen LogP contribution in [0.25, 0.3) is 0 Å². The van der Waals surface area contributed by atoms with E-state index in [4.69, 9.17) is 10.5 Å². The minimum Gasteiger partial charge on any atom is -0.469 e. The third-order valence-electron chi connectivity index (χ3n) is 2.39. The molecule has 2 N–H and O–H groups in total. The summed E-state index contributed by atoms with van der Waals surface area (Å²) in [5.41, 5.74) is 7.34. The molecule has 2 aromatic rings. The van der Waals surface area contributed by atoms with Crippen LogP contribution in [-0.4, -0.2) is 4.98 Å². The highest BCUT2D eigenvalue weighted by atomic mass is 79.9. The number of halogens is 1. The van der Waals surface area contributed by atoms with Gasteiger partial charge in [-0.15, -0.1) is 0 Å². The van der Waals surface area contributed by atoms with Crippen LogP contribution in [0.15, 0.2) is 47.1 Å². The zero-order valence-corrected chi connectivity index (χ0v) is 11.0. The first-order valence-corrected chi connectivity index (χ1v) is 6.09. The third kappa shape index (κ3) is 2.97. The van der Waals surface area contributed by atoms with E-state index in [9.17, 15) is 0 Å². The molecule has 0 aliphatic carbocycles. The fourth-order valence-corrected chi connectivity index (χ4v) is 1.95. The molecule has 88 valence electrons. The van der Waals surface area contributed by atoms with Crippen LogP contribution in [0.3, 0.4) is 0 Å². The van der Waals surface area contributed by atoms with E-state index in [2.05, 4.69) is 20.9 Å². The van der Waals surface area contributed by atoms with Gasteiger partial charge < -0.3 is 10.5 Å². The van der Waals surface area contributed by atoms with Crippen molar-refractivity contribution >= 4 is 21.6 Å². The SMILES string of the molecule is CC(Oc1ncc(N)cc1Br)c1ccccc1. The van der Waals surface area contributed by atoms with Crippen LogP contribution < -0.4 is 10.5 Å². The quantitative estimate of drug-likeness (QED) is 0.941. The molecule has 0 amide bonds. The summed E-state index contributed by atoms with van der Waals surface area (Å²) in [4.78, 5) is 4.15. The van der Waals surface area contributed by atoms with Crippen molar-refractivity contribution in [2.45, 2.75) is 13.0 Å². The molecule has 0 aliphatic rings. The lowest BCUT2D eigenvalue weighted by atomic mass is 10.1. The molecule has 1 unspecified atom stereocenters. The maximum atomic E-state index is 5.77. The number of anilines is 1. The highest BCUT2D eigenvalue weighted by molar-refractivity contribution is 9.10. The molecule has 17 heavy (non-hydrogen) atoms. The summed E-state index contributed by atoms with van der Waals surface area (Å²) in [5, 5.41) is 0. The largest absolute Gasteiger partial charge is 0.469 e. The number of ether oxygens (including phenoxy) is 1. The number of hydrogen-bond donors (Lipinski definition) is 1. The molecule has 1 heterocycles. The Kier molecular flexibility index (Phi) is 3.64. The summed E-state index contributed by atoms with van der Waals surface area (Å²) < 4.78 is 6.54. The number of nitrogen functional groups attached to an aromatic ring is 1. The number of hydrogen-bond acceptors (Lipinski definition) is 3. The second-order valence-corrected chi connectivity index (χ2v) is 4.58. The molecule has 0 aliphatic heterocycles. The molecule has 1 aromatic carbocycles. The van der Waals surface area contributed by atoms with Crippen LogP contribution in [0, 0.1) is 0 Å². The van der Waals surface area contributed by atoms with Gasteiger partial charge in [-0.05, 0) is 34.5 Å². The molecule has 0 bridgehead atoms. The topological polar surface area (TPSA) is 48.1 Å². The van der Waals surface area contributed by atoms with E-state index in [1.807, 2.05) is 37.3 Å². The minimum atomic E-state index is -0.0522. The first-order valence-electron chi connectivity index (χ1n) is 5.29. The van der Waals surface area contributed by atoms with E-state index >= 15 is 0 Å². The molecule has 3 nitrogen and oxygen atoms in total. The molecule has 0 fully saturated rings. The summed E-state index contributed by atoms with van der Waals surface area (Å²) in [6.45, 7) is 1.99. The smallest absolute Gasteiger partial charge is 0.228 e. The highest BCUT2D eigenvalue weighted by Gasteiger charge is 2.10. The summed E-state index contributed by atoms with van der Waals surface area (Å²) in [6, 6.07) is 11.8. The maximum absolute atomic E-state index is 5.77. The second-order valence-electron chi connectivity index (χ2n) is 3.73. The number of aromatic nitrogens is 1. The molecule has 4 heteroatoms. The Morgan fingerprint density at radius 3 is 2.65 bits per heavy atom. The van der Waals surface area contributed by atoms with E-state index in [1.165, 1.54) is 0 Å².